The van der Waals surface area contributed by atoms with Crippen LogP contribution in [0.15, 0.2) is 54.6 Å². The summed E-state index contributed by atoms with van der Waals surface area (Å²) in [7, 11) is 1.58. The summed E-state index contributed by atoms with van der Waals surface area (Å²) in [6.07, 6.45) is 0.646. The standard InChI is InChI=1S/C21H18N2O2/c1-23(13-24)12-19(25)22-11-14-9-17-7-5-15-3-2-4-16-6-8-18(10-14)21(17)20(15)16/h2-10,13H,11-12H2,1H3,(H,22,25). The van der Waals surface area contributed by atoms with E-state index in [2.05, 4.69) is 59.9 Å². The summed E-state index contributed by atoms with van der Waals surface area (Å²) in [5.41, 5.74) is 1.05. The van der Waals surface area contributed by atoms with Gasteiger partial charge in [0.15, 0.2) is 0 Å². The SMILES string of the molecule is CN(C=O)CC(=O)NCc1cc2ccc3cccc4ccc(c1)c2c34. The van der Waals surface area contributed by atoms with Gasteiger partial charge in [0.2, 0.25) is 12.3 Å². The van der Waals surface area contributed by atoms with Crippen molar-refractivity contribution in [1.82, 2.24) is 10.2 Å². The molecule has 124 valence electrons. The van der Waals surface area contributed by atoms with Crippen molar-refractivity contribution in [1.29, 1.82) is 0 Å². The summed E-state index contributed by atoms with van der Waals surface area (Å²) in [4.78, 5) is 23.8. The smallest absolute Gasteiger partial charge is 0.239 e. The van der Waals surface area contributed by atoms with E-state index in [1.807, 2.05) is 0 Å². The van der Waals surface area contributed by atoms with E-state index in [0.717, 1.165) is 5.56 Å². The molecule has 0 aromatic heterocycles. The van der Waals surface area contributed by atoms with Crippen LogP contribution >= 0.6 is 0 Å². The van der Waals surface area contributed by atoms with Gasteiger partial charge in [0.05, 0.1) is 6.54 Å². The Bertz CT molecular complexity index is 1020. The van der Waals surface area contributed by atoms with Crippen LogP contribution in [0, 0.1) is 0 Å². The highest BCUT2D eigenvalue weighted by molar-refractivity contribution is 6.23. The van der Waals surface area contributed by atoms with E-state index >= 15 is 0 Å². The molecule has 0 aliphatic carbocycles. The monoisotopic (exact) mass is 330 g/mol. The van der Waals surface area contributed by atoms with E-state index < -0.39 is 0 Å². The first kappa shape index (κ1) is 15.4. The topological polar surface area (TPSA) is 49.4 Å². The summed E-state index contributed by atoms with van der Waals surface area (Å²) < 4.78 is 0. The number of nitrogens with zero attached hydrogens (tertiary/aromatic N) is 1. The maximum Gasteiger partial charge on any atom is 0.239 e. The molecule has 0 aliphatic rings. The Morgan fingerprint density at radius 1 is 0.960 bits per heavy atom. The summed E-state index contributed by atoms with van der Waals surface area (Å²) in [5.74, 6) is -0.167. The van der Waals surface area contributed by atoms with Crippen LogP contribution in [0.5, 0.6) is 0 Å². The fourth-order valence-electron chi connectivity index (χ4n) is 3.44. The lowest BCUT2D eigenvalue weighted by atomic mass is 9.93. The van der Waals surface area contributed by atoms with Gasteiger partial charge in [0, 0.05) is 13.6 Å². The predicted octanol–water partition coefficient (Wildman–Crippen LogP) is 3.29. The molecule has 1 N–H and O–H groups in total. The van der Waals surface area contributed by atoms with E-state index in [9.17, 15) is 9.59 Å². The summed E-state index contributed by atoms with van der Waals surface area (Å²) in [6.45, 7) is 0.514. The maximum atomic E-state index is 11.9. The minimum atomic E-state index is -0.167. The van der Waals surface area contributed by atoms with Gasteiger partial charge in [-0.1, -0.05) is 42.5 Å². The first-order chi connectivity index (χ1) is 12.2. The van der Waals surface area contributed by atoms with Crippen molar-refractivity contribution in [2.24, 2.45) is 0 Å². The number of benzene rings is 4. The van der Waals surface area contributed by atoms with E-state index in [0.29, 0.717) is 13.0 Å². The van der Waals surface area contributed by atoms with Crippen molar-refractivity contribution in [2.45, 2.75) is 6.54 Å². The first-order valence-corrected chi connectivity index (χ1v) is 8.24. The number of carbonyl (C=O) groups excluding carboxylic acids is 2. The number of carbonyl (C=O) groups is 2. The molecule has 0 aliphatic heterocycles. The number of hydrogen-bond donors (Lipinski definition) is 1. The molecule has 25 heavy (non-hydrogen) atoms. The van der Waals surface area contributed by atoms with Gasteiger partial charge in [-0.05, 0) is 50.0 Å². The average Bonchev–Trinajstić information content (AvgIpc) is 2.64. The van der Waals surface area contributed by atoms with Crippen molar-refractivity contribution in [3.05, 3.63) is 60.2 Å². The number of amides is 2. The van der Waals surface area contributed by atoms with E-state index in [-0.39, 0.29) is 12.5 Å². The van der Waals surface area contributed by atoms with Crippen LogP contribution in [-0.4, -0.2) is 30.8 Å². The van der Waals surface area contributed by atoms with Gasteiger partial charge in [-0.25, -0.2) is 0 Å². The molecule has 0 radical (unpaired) electrons. The van der Waals surface area contributed by atoms with Crippen molar-refractivity contribution >= 4 is 44.6 Å². The second kappa shape index (κ2) is 6.06. The molecule has 4 aromatic rings. The molecule has 0 atom stereocenters. The van der Waals surface area contributed by atoms with Crippen LogP contribution in [0.3, 0.4) is 0 Å². The molecule has 0 unspecified atom stereocenters. The molecule has 4 heteroatoms. The Morgan fingerprint density at radius 2 is 1.52 bits per heavy atom. The molecule has 4 rings (SSSR count). The Balaban J connectivity index is 1.70. The first-order valence-electron chi connectivity index (χ1n) is 8.24. The molecular weight excluding hydrogens is 312 g/mol. The number of nitrogens with one attached hydrogen (secondary N) is 1. The molecule has 0 saturated carbocycles. The second-order valence-corrected chi connectivity index (χ2v) is 6.42. The molecule has 0 saturated heterocycles. The lowest BCUT2D eigenvalue weighted by molar-refractivity contribution is -0.127. The van der Waals surface area contributed by atoms with Crippen LogP contribution in [0.4, 0.5) is 0 Å². The fraction of sp³-hybridized carbons (Fsp3) is 0.143. The van der Waals surface area contributed by atoms with Gasteiger partial charge < -0.3 is 10.2 Å². The predicted molar refractivity (Wildman–Crippen MR) is 101 cm³/mol. The highest BCUT2D eigenvalue weighted by Gasteiger charge is 2.10. The maximum absolute atomic E-state index is 11.9. The van der Waals surface area contributed by atoms with Gasteiger partial charge in [0.25, 0.3) is 0 Å². The van der Waals surface area contributed by atoms with Crippen molar-refractivity contribution < 1.29 is 9.59 Å². The molecule has 4 nitrogen and oxygen atoms in total. The minimum Gasteiger partial charge on any atom is -0.350 e. The highest BCUT2D eigenvalue weighted by atomic mass is 16.2. The zero-order valence-electron chi connectivity index (χ0n) is 14.0. The minimum absolute atomic E-state index is 0.0673. The zero-order valence-corrected chi connectivity index (χ0v) is 14.0. The van der Waals surface area contributed by atoms with Crippen molar-refractivity contribution in [3.63, 3.8) is 0 Å². The van der Waals surface area contributed by atoms with Crippen LogP contribution in [-0.2, 0) is 16.1 Å². The molecular formula is C21H18N2O2. The van der Waals surface area contributed by atoms with Gasteiger partial charge in [-0.15, -0.1) is 0 Å². The molecule has 0 fully saturated rings. The van der Waals surface area contributed by atoms with Gasteiger partial charge in [-0.2, -0.15) is 0 Å². The van der Waals surface area contributed by atoms with Gasteiger partial charge >= 0.3 is 0 Å². The number of hydrogen-bond acceptors (Lipinski definition) is 2. The largest absolute Gasteiger partial charge is 0.350 e. The molecule has 0 bridgehead atoms. The third-order valence-electron chi connectivity index (χ3n) is 4.59. The lowest BCUT2D eigenvalue weighted by Gasteiger charge is -2.14. The lowest BCUT2D eigenvalue weighted by Crippen LogP contribution is -2.34. The average molecular weight is 330 g/mol. The second-order valence-electron chi connectivity index (χ2n) is 6.42. The van der Waals surface area contributed by atoms with Crippen LogP contribution < -0.4 is 5.32 Å². The van der Waals surface area contributed by atoms with Crippen molar-refractivity contribution in [2.75, 3.05) is 13.6 Å². The van der Waals surface area contributed by atoms with Crippen molar-refractivity contribution in [3.8, 4) is 0 Å². The van der Waals surface area contributed by atoms with E-state index in [1.54, 1.807) is 7.05 Å². The summed E-state index contributed by atoms with van der Waals surface area (Å²) in [6, 6.07) is 19.2. The summed E-state index contributed by atoms with van der Waals surface area (Å²) >= 11 is 0. The molecule has 4 aromatic carbocycles. The molecule has 2 amide bonds. The Hall–Kier alpha value is -3.14. The molecule has 0 heterocycles. The van der Waals surface area contributed by atoms with E-state index in [4.69, 9.17) is 0 Å². The third kappa shape index (κ3) is 2.76. The highest BCUT2D eigenvalue weighted by Crippen LogP contribution is 2.34. The van der Waals surface area contributed by atoms with Crippen LogP contribution in [0.25, 0.3) is 32.3 Å². The Morgan fingerprint density at radius 3 is 2.12 bits per heavy atom. The number of likely N-dealkylation sites (N-methyl/N-ethyl adjacent to an activating group) is 1. The third-order valence-corrected chi connectivity index (χ3v) is 4.59. The quantitative estimate of drug-likeness (QED) is 0.451. The van der Waals surface area contributed by atoms with Gasteiger partial charge in [-0.3, -0.25) is 9.59 Å². The Labute approximate surface area is 145 Å². The zero-order chi connectivity index (χ0) is 17.4. The van der Waals surface area contributed by atoms with E-state index in [1.165, 1.54) is 37.2 Å². The fourth-order valence-corrected chi connectivity index (χ4v) is 3.44. The van der Waals surface area contributed by atoms with Gasteiger partial charge in [0.1, 0.15) is 0 Å². The Kier molecular flexibility index (Phi) is 3.73. The number of rotatable bonds is 5. The van der Waals surface area contributed by atoms with Crippen LogP contribution in [0.2, 0.25) is 0 Å². The van der Waals surface area contributed by atoms with Crippen LogP contribution in [0.1, 0.15) is 5.56 Å². The normalized spacial score (nSPS) is 11.2. The molecule has 0 spiro atoms. The summed E-state index contributed by atoms with van der Waals surface area (Å²) in [5, 5.41) is 10.3.